The van der Waals surface area contributed by atoms with Gasteiger partial charge < -0.3 is 10.4 Å². The molecular weight excluding hydrogens is 154 g/mol. The molecule has 2 fully saturated rings. The second kappa shape index (κ2) is 2.22. The zero-order valence-corrected chi connectivity index (χ0v) is 7.39. The van der Waals surface area contributed by atoms with Gasteiger partial charge in [0.2, 0.25) is 0 Å². The van der Waals surface area contributed by atoms with Gasteiger partial charge in [-0.1, -0.05) is 12.8 Å². The van der Waals surface area contributed by atoms with E-state index in [4.69, 9.17) is 5.11 Å². The Morgan fingerprint density at radius 3 is 2.33 bits per heavy atom. The standard InChI is InChI=1S/C9H15NO2/c1-10-9(7(11)12)6-8(9)4-2-3-5-8/h10H,2-6H2,1H3,(H,11,12). The molecule has 0 bridgehead atoms. The Balaban J connectivity index is 2.20. The van der Waals surface area contributed by atoms with Crippen LogP contribution in [0.25, 0.3) is 0 Å². The molecular formula is C9H15NO2. The van der Waals surface area contributed by atoms with Gasteiger partial charge in [-0.2, -0.15) is 0 Å². The summed E-state index contributed by atoms with van der Waals surface area (Å²) in [6, 6.07) is 0. The Kier molecular flexibility index (Phi) is 1.49. The van der Waals surface area contributed by atoms with Gasteiger partial charge in [0.15, 0.2) is 0 Å². The number of hydrogen-bond acceptors (Lipinski definition) is 2. The van der Waals surface area contributed by atoms with Crippen LogP contribution in [-0.4, -0.2) is 23.7 Å². The summed E-state index contributed by atoms with van der Waals surface area (Å²) in [7, 11) is 1.77. The van der Waals surface area contributed by atoms with Gasteiger partial charge >= 0.3 is 5.97 Å². The molecule has 2 aliphatic rings. The Morgan fingerprint density at radius 2 is 2.00 bits per heavy atom. The lowest BCUT2D eigenvalue weighted by Crippen LogP contribution is -2.41. The van der Waals surface area contributed by atoms with Crippen molar-refractivity contribution >= 4 is 5.97 Å². The van der Waals surface area contributed by atoms with Crippen LogP contribution in [-0.2, 0) is 4.79 Å². The largest absolute Gasteiger partial charge is 0.480 e. The fourth-order valence-corrected chi connectivity index (χ4v) is 2.88. The van der Waals surface area contributed by atoms with Gasteiger partial charge in [-0.25, -0.2) is 0 Å². The lowest BCUT2D eigenvalue weighted by atomic mass is 9.98. The minimum atomic E-state index is -0.660. The van der Waals surface area contributed by atoms with Crippen molar-refractivity contribution in [3.8, 4) is 0 Å². The molecule has 3 nitrogen and oxygen atoms in total. The Labute approximate surface area is 72.2 Å². The van der Waals surface area contributed by atoms with Gasteiger partial charge in [0, 0.05) is 5.41 Å². The number of likely N-dealkylation sites (N-methyl/N-ethyl adjacent to an activating group) is 1. The number of aliphatic carboxylic acids is 1. The lowest BCUT2D eigenvalue weighted by molar-refractivity contribution is -0.141. The van der Waals surface area contributed by atoms with E-state index in [1.807, 2.05) is 0 Å². The molecule has 0 heterocycles. The molecule has 0 aromatic carbocycles. The topological polar surface area (TPSA) is 49.3 Å². The van der Waals surface area contributed by atoms with E-state index in [0.717, 1.165) is 19.3 Å². The predicted molar refractivity (Wildman–Crippen MR) is 44.9 cm³/mol. The molecule has 0 aromatic rings. The highest BCUT2D eigenvalue weighted by Gasteiger charge is 2.71. The van der Waals surface area contributed by atoms with Gasteiger partial charge in [0.05, 0.1) is 0 Å². The minimum absolute atomic E-state index is 0.119. The normalized spacial score (nSPS) is 37.1. The summed E-state index contributed by atoms with van der Waals surface area (Å²) in [5.41, 5.74) is -0.447. The molecule has 0 saturated heterocycles. The number of carbonyl (C=O) groups is 1. The monoisotopic (exact) mass is 169 g/mol. The van der Waals surface area contributed by atoms with E-state index in [-0.39, 0.29) is 5.41 Å². The third-order valence-electron chi connectivity index (χ3n) is 3.74. The summed E-state index contributed by atoms with van der Waals surface area (Å²) in [6.45, 7) is 0. The van der Waals surface area contributed by atoms with Gasteiger partial charge in [0.1, 0.15) is 5.54 Å². The number of nitrogens with one attached hydrogen (secondary N) is 1. The highest BCUT2D eigenvalue weighted by molar-refractivity contribution is 5.85. The predicted octanol–water partition coefficient (Wildman–Crippen LogP) is 0.993. The molecule has 2 N–H and O–H groups in total. The first-order valence-electron chi connectivity index (χ1n) is 4.59. The molecule has 3 heteroatoms. The van der Waals surface area contributed by atoms with E-state index in [9.17, 15) is 4.79 Å². The van der Waals surface area contributed by atoms with Crippen LogP contribution in [0.3, 0.4) is 0 Å². The van der Waals surface area contributed by atoms with Crippen LogP contribution in [0.5, 0.6) is 0 Å². The van der Waals surface area contributed by atoms with Crippen LogP contribution >= 0.6 is 0 Å². The Morgan fingerprint density at radius 1 is 1.42 bits per heavy atom. The molecule has 12 heavy (non-hydrogen) atoms. The smallest absolute Gasteiger partial charge is 0.324 e. The maximum Gasteiger partial charge on any atom is 0.324 e. The average Bonchev–Trinajstić information content (AvgIpc) is 2.40. The summed E-state index contributed by atoms with van der Waals surface area (Å²) in [5, 5.41) is 12.1. The van der Waals surface area contributed by atoms with Crippen LogP contribution < -0.4 is 5.32 Å². The van der Waals surface area contributed by atoms with E-state index < -0.39 is 11.5 Å². The first-order chi connectivity index (χ1) is 5.67. The van der Waals surface area contributed by atoms with Crippen molar-refractivity contribution in [3.05, 3.63) is 0 Å². The maximum absolute atomic E-state index is 11.0. The molecule has 0 amide bonds. The summed E-state index contributed by atoms with van der Waals surface area (Å²) >= 11 is 0. The molecule has 0 aromatic heterocycles. The molecule has 2 saturated carbocycles. The summed E-state index contributed by atoms with van der Waals surface area (Å²) in [5.74, 6) is -0.660. The van der Waals surface area contributed by atoms with Gasteiger partial charge in [0.25, 0.3) is 0 Å². The second-order valence-corrected chi connectivity index (χ2v) is 4.12. The van der Waals surface area contributed by atoms with Crippen molar-refractivity contribution in [2.75, 3.05) is 7.05 Å². The van der Waals surface area contributed by atoms with E-state index in [1.165, 1.54) is 12.8 Å². The zero-order chi connectivity index (χ0) is 8.82. The molecule has 68 valence electrons. The number of carboxylic acids is 1. The molecule has 2 aliphatic carbocycles. The third-order valence-corrected chi connectivity index (χ3v) is 3.74. The van der Waals surface area contributed by atoms with Gasteiger partial charge in [-0.15, -0.1) is 0 Å². The van der Waals surface area contributed by atoms with E-state index in [0.29, 0.717) is 0 Å². The van der Waals surface area contributed by atoms with Crippen molar-refractivity contribution in [2.45, 2.75) is 37.6 Å². The summed E-state index contributed by atoms with van der Waals surface area (Å²) in [4.78, 5) is 11.0. The van der Waals surface area contributed by atoms with Crippen molar-refractivity contribution in [1.82, 2.24) is 5.32 Å². The lowest BCUT2D eigenvalue weighted by Gasteiger charge is -2.16. The van der Waals surface area contributed by atoms with Gasteiger partial charge in [-0.3, -0.25) is 4.79 Å². The van der Waals surface area contributed by atoms with Crippen LogP contribution in [0, 0.1) is 5.41 Å². The van der Waals surface area contributed by atoms with Crippen LogP contribution in [0.15, 0.2) is 0 Å². The molecule has 0 aliphatic heterocycles. The first kappa shape index (κ1) is 8.05. The third kappa shape index (κ3) is 0.724. The zero-order valence-electron chi connectivity index (χ0n) is 7.39. The molecule has 1 atom stereocenters. The average molecular weight is 169 g/mol. The van der Waals surface area contributed by atoms with Crippen LogP contribution in [0.4, 0.5) is 0 Å². The second-order valence-electron chi connectivity index (χ2n) is 4.12. The van der Waals surface area contributed by atoms with E-state index in [1.54, 1.807) is 7.05 Å². The Hall–Kier alpha value is -0.570. The van der Waals surface area contributed by atoms with Crippen molar-refractivity contribution in [3.63, 3.8) is 0 Å². The Bertz CT molecular complexity index is 221. The first-order valence-corrected chi connectivity index (χ1v) is 4.59. The minimum Gasteiger partial charge on any atom is -0.480 e. The highest BCUT2D eigenvalue weighted by atomic mass is 16.4. The maximum atomic E-state index is 11.0. The molecule has 2 rings (SSSR count). The van der Waals surface area contributed by atoms with E-state index >= 15 is 0 Å². The number of carboxylic acid groups (broad SMARTS) is 1. The fourth-order valence-electron chi connectivity index (χ4n) is 2.88. The van der Waals surface area contributed by atoms with Crippen LogP contribution in [0.1, 0.15) is 32.1 Å². The van der Waals surface area contributed by atoms with Crippen molar-refractivity contribution < 1.29 is 9.90 Å². The summed E-state index contributed by atoms with van der Waals surface area (Å²) in [6.07, 6.45) is 5.44. The highest BCUT2D eigenvalue weighted by Crippen LogP contribution is 2.65. The molecule has 1 spiro atoms. The summed E-state index contributed by atoms with van der Waals surface area (Å²) < 4.78 is 0. The van der Waals surface area contributed by atoms with E-state index in [2.05, 4.69) is 5.32 Å². The number of hydrogen-bond donors (Lipinski definition) is 2. The van der Waals surface area contributed by atoms with Crippen molar-refractivity contribution in [1.29, 1.82) is 0 Å². The van der Waals surface area contributed by atoms with Crippen molar-refractivity contribution in [2.24, 2.45) is 5.41 Å². The molecule has 0 radical (unpaired) electrons. The number of rotatable bonds is 2. The molecule has 1 unspecified atom stereocenters. The fraction of sp³-hybridized carbons (Fsp3) is 0.889. The van der Waals surface area contributed by atoms with Gasteiger partial charge in [-0.05, 0) is 26.3 Å². The quantitative estimate of drug-likeness (QED) is 0.648. The van der Waals surface area contributed by atoms with Crippen LogP contribution in [0.2, 0.25) is 0 Å². The SMILES string of the molecule is CNC1(C(=O)O)CC12CCCC2.